The van der Waals surface area contributed by atoms with Gasteiger partial charge in [0.15, 0.2) is 0 Å². The molecule has 0 N–H and O–H groups in total. The number of rotatable bonds is 5. The Hall–Kier alpha value is -2.56. The molecular formula is C20H23FN2O2. The van der Waals surface area contributed by atoms with Gasteiger partial charge in [0.2, 0.25) is 5.91 Å². The van der Waals surface area contributed by atoms with Gasteiger partial charge in [0.1, 0.15) is 11.6 Å². The minimum Gasteiger partial charge on any atom is -0.494 e. The molecule has 0 atom stereocenters. The lowest BCUT2D eigenvalue weighted by molar-refractivity contribution is -0.130. The standard InChI is InChI=1S/C20H23FN2O2/c1-2-25-19-8-6-18(7-9-19)22-10-12-23(13-11-22)20(24)15-16-4-3-5-17(21)14-16/h3-9,14H,2,10-13,15H2,1H3. The average Bonchev–Trinajstić information content (AvgIpc) is 2.63. The summed E-state index contributed by atoms with van der Waals surface area (Å²) < 4.78 is 18.7. The maximum atomic E-state index is 13.2. The van der Waals surface area contributed by atoms with Crippen molar-refractivity contribution in [2.75, 3.05) is 37.7 Å². The second-order valence-corrected chi connectivity index (χ2v) is 6.10. The molecular weight excluding hydrogens is 319 g/mol. The number of benzene rings is 2. The Bertz CT molecular complexity index is 710. The lowest BCUT2D eigenvalue weighted by Gasteiger charge is -2.36. The molecule has 2 aromatic rings. The van der Waals surface area contributed by atoms with Gasteiger partial charge >= 0.3 is 0 Å². The molecule has 0 spiro atoms. The topological polar surface area (TPSA) is 32.8 Å². The van der Waals surface area contributed by atoms with E-state index < -0.39 is 0 Å². The summed E-state index contributed by atoms with van der Waals surface area (Å²) >= 11 is 0. The SMILES string of the molecule is CCOc1ccc(N2CCN(C(=O)Cc3cccc(F)c3)CC2)cc1. The van der Waals surface area contributed by atoms with Crippen molar-refractivity contribution in [1.29, 1.82) is 0 Å². The van der Waals surface area contributed by atoms with Crippen LogP contribution in [0, 0.1) is 5.82 Å². The Morgan fingerprint density at radius 1 is 1.08 bits per heavy atom. The molecule has 3 rings (SSSR count). The van der Waals surface area contributed by atoms with Crippen molar-refractivity contribution in [3.05, 3.63) is 59.9 Å². The highest BCUT2D eigenvalue weighted by Gasteiger charge is 2.21. The van der Waals surface area contributed by atoms with Gasteiger partial charge in [0.05, 0.1) is 13.0 Å². The van der Waals surface area contributed by atoms with E-state index in [1.807, 2.05) is 24.0 Å². The highest BCUT2D eigenvalue weighted by atomic mass is 19.1. The number of piperazine rings is 1. The van der Waals surface area contributed by atoms with Crippen LogP contribution in [0.5, 0.6) is 5.75 Å². The van der Waals surface area contributed by atoms with Gasteiger partial charge < -0.3 is 14.5 Å². The molecule has 1 amide bonds. The molecule has 1 fully saturated rings. The van der Waals surface area contributed by atoms with Crippen LogP contribution in [0.15, 0.2) is 48.5 Å². The fourth-order valence-corrected chi connectivity index (χ4v) is 3.07. The van der Waals surface area contributed by atoms with Crippen LogP contribution in [-0.2, 0) is 11.2 Å². The zero-order valence-electron chi connectivity index (χ0n) is 14.5. The van der Waals surface area contributed by atoms with E-state index in [-0.39, 0.29) is 18.1 Å². The Morgan fingerprint density at radius 3 is 2.44 bits per heavy atom. The van der Waals surface area contributed by atoms with Gasteiger partial charge in [-0.25, -0.2) is 4.39 Å². The molecule has 2 aromatic carbocycles. The summed E-state index contributed by atoms with van der Waals surface area (Å²) in [6.07, 6.45) is 0.251. The smallest absolute Gasteiger partial charge is 0.227 e. The number of anilines is 1. The summed E-state index contributed by atoms with van der Waals surface area (Å²) in [6.45, 7) is 5.58. The van der Waals surface area contributed by atoms with E-state index in [1.165, 1.54) is 12.1 Å². The second kappa shape index (κ2) is 8.01. The Labute approximate surface area is 147 Å². The molecule has 4 nitrogen and oxygen atoms in total. The number of carbonyl (C=O) groups is 1. The number of ether oxygens (including phenoxy) is 1. The summed E-state index contributed by atoms with van der Waals surface area (Å²) in [5, 5.41) is 0. The van der Waals surface area contributed by atoms with Gasteiger partial charge in [-0.15, -0.1) is 0 Å². The number of halogens is 1. The molecule has 1 heterocycles. The van der Waals surface area contributed by atoms with Gasteiger partial charge in [-0.2, -0.15) is 0 Å². The first kappa shape index (κ1) is 17.3. The van der Waals surface area contributed by atoms with Crippen molar-refractivity contribution in [3.8, 4) is 5.75 Å². The van der Waals surface area contributed by atoms with E-state index in [0.29, 0.717) is 19.7 Å². The summed E-state index contributed by atoms with van der Waals surface area (Å²) in [6, 6.07) is 14.3. The van der Waals surface area contributed by atoms with Crippen molar-refractivity contribution in [2.45, 2.75) is 13.3 Å². The van der Waals surface area contributed by atoms with E-state index in [1.54, 1.807) is 12.1 Å². The van der Waals surface area contributed by atoms with E-state index >= 15 is 0 Å². The van der Waals surface area contributed by atoms with Crippen LogP contribution < -0.4 is 9.64 Å². The molecule has 0 radical (unpaired) electrons. The van der Waals surface area contributed by atoms with E-state index in [0.717, 1.165) is 30.1 Å². The maximum absolute atomic E-state index is 13.2. The largest absolute Gasteiger partial charge is 0.494 e. The summed E-state index contributed by atoms with van der Waals surface area (Å²) in [7, 11) is 0. The lowest BCUT2D eigenvalue weighted by atomic mass is 10.1. The molecule has 25 heavy (non-hydrogen) atoms. The predicted molar refractivity (Wildman–Crippen MR) is 96.5 cm³/mol. The van der Waals surface area contributed by atoms with E-state index in [9.17, 15) is 9.18 Å². The van der Waals surface area contributed by atoms with Crippen LogP contribution in [0.4, 0.5) is 10.1 Å². The van der Waals surface area contributed by atoms with Crippen LogP contribution in [0.2, 0.25) is 0 Å². The molecule has 1 saturated heterocycles. The summed E-state index contributed by atoms with van der Waals surface area (Å²) in [4.78, 5) is 16.5. The lowest BCUT2D eigenvalue weighted by Crippen LogP contribution is -2.49. The Kier molecular flexibility index (Phi) is 5.53. The summed E-state index contributed by atoms with van der Waals surface area (Å²) in [5.41, 5.74) is 1.86. The van der Waals surface area contributed by atoms with Crippen LogP contribution in [0.1, 0.15) is 12.5 Å². The quantitative estimate of drug-likeness (QED) is 0.837. The molecule has 0 unspecified atom stereocenters. The number of nitrogens with zero attached hydrogens (tertiary/aromatic N) is 2. The van der Waals surface area contributed by atoms with Gasteiger partial charge in [-0.05, 0) is 48.9 Å². The predicted octanol–water partition coefficient (Wildman–Crippen LogP) is 3.12. The maximum Gasteiger partial charge on any atom is 0.227 e. The van der Waals surface area contributed by atoms with Crippen LogP contribution in [0.3, 0.4) is 0 Å². The van der Waals surface area contributed by atoms with Crippen molar-refractivity contribution in [2.24, 2.45) is 0 Å². The highest BCUT2D eigenvalue weighted by molar-refractivity contribution is 5.79. The molecule has 0 aliphatic carbocycles. The number of carbonyl (C=O) groups excluding carboxylic acids is 1. The molecule has 0 saturated carbocycles. The zero-order valence-corrected chi connectivity index (χ0v) is 14.5. The first-order chi connectivity index (χ1) is 12.2. The van der Waals surface area contributed by atoms with Gasteiger partial charge in [-0.3, -0.25) is 4.79 Å². The Balaban J connectivity index is 1.53. The molecule has 0 aromatic heterocycles. The Morgan fingerprint density at radius 2 is 1.80 bits per heavy atom. The number of hydrogen-bond donors (Lipinski definition) is 0. The van der Waals surface area contributed by atoms with Crippen molar-refractivity contribution < 1.29 is 13.9 Å². The fraction of sp³-hybridized carbons (Fsp3) is 0.350. The van der Waals surface area contributed by atoms with E-state index in [2.05, 4.69) is 17.0 Å². The van der Waals surface area contributed by atoms with Crippen LogP contribution >= 0.6 is 0 Å². The van der Waals surface area contributed by atoms with Gasteiger partial charge in [0.25, 0.3) is 0 Å². The minimum absolute atomic E-state index is 0.0527. The molecule has 1 aliphatic heterocycles. The van der Waals surface area contributed by atoms with Gasteiger partial charge in [-0.1, -0.05) is 12.1 Å². The normalized spacial score (nSPS) is 14.5. The fourth-order valence-electron chi connectivity index (χ4n) is 3.07. The minimum atomic E-state index is -0.300. The van der Waals surface area contributed by atoms with Crippen LogP contribution in [-0.4, -0.2) is 43.6 Å². The zero-order chi connectivity index (χ0) is 17.6. The third-order valence-electron chi connectivity index (χ3n) is 4.39. The third-order valence-corrected chi connectivity index (χ3v) is 4.39. The number of amides is 1. The van der Waals surface area contributed by atoms with Crippen LogP contribution in [0.25, 0.3) is 0 Å². The van der Waals surface area contributed by atoms with Gasteiger partial charge in [0, 0.05) is 31.9 Å². The molecule has 0 bridgehead atoms. The molecule has 1 aliphatic rings. The number of hydrogen-bond acceptors (Lipinski definition) is 3. The van der Waals surface area contributed by atoms with Crippen molar-refractivity contribution >= 4 is 11.6 Å². The second-order valence-electron chi connectivity index (χ2n) is 6.10. The highest BCUT2D eigenvalue weighted by Crippen LogP contribution is 2.21. The first-order valence-electron chi connectivity index (χ1n) is 8.65. The first-order valence-corrected chi connectivity index (χ1v) is 8.65. The monoisotopic (exact) mass is 342 g/mol. The van der Waals surface area contributed by atoms with E-state index in [4.69, 9.17) is 4.74 Å². The molecule has 132 valence electrons. The summed E-state index contributed by atoms with van der Waals surface area (Å²) in [5.74, 6) is 0.623. The van der Waals surface area contributed by atoms with Crippen molar-refractivity contribution in [3.63, 3.8) is 0 Å². The molecule has 5 heteroatoms. The average molecular weight is 342 g/mol. The third kappa shape index (κ3) is 4.50. The van der Waals surface area contributed by atoms with Crippen molar-refractivity contribution in [1.82, 2.24) is 4.90 Å².